The smallest absolute Gasteiger partial charge is 0.269 e. The van der Waals surface area contributed by atoms with Crippen molar-refractivity contribution in [2.75, 3.05) is 12.0 Å². The SMILES string of the molecule is COc1ccc(N2C(=O)[C@H](CCCc3ccccc3)[C@H]2c2ccc([N+](=O)[O-])cc2)cc1. The molecule has 0 aromatic heterocycles. The summed E-state index contributed by atoms with van der Waals surface area (Å²) in [5.41, 5.74) is 3.01. The second kappa shape index (κ2) is 9.00. The number of hydrogen-bond acceptors (Lipinski definition) is 4. The number of ether oxygens (including phenoxy) is 1. The third-order valence-corrected chi connectivity index (χ3v) is 5.83. The molecule has 1 aliphatic heterocycles. The number of rotatable bonds is 8. The Hall–Kier alpha value is -3.67. The minimum absolute atomic E-state index is 0.0472. The minimum Gasteiger partial charge on any atom is -0.497 e. The molecule has 1 saturated heterocycles. The monoisotopic (exact) mass is 416 g/mol. The van der Waals surface area contributed by atoms with Gasteiger partial charge in [0, 0.05) is 17.8 Å². The van der Waals surface area contributed by atoms with Crippen molar-refractivity contribution in [3.63, 3.8) is 0 Å². The summed E-state index contributed by atoms with van der Waals surface area (Å²) in [4.78, 5) is 25.5. The standard InChI is InChI=1S/C25H24N2O4/c1-31-22-16-14-20(15-17-22)26-24(19-10-12-21(13-11-19)27(29)30)23(25(26)28)9-5-8-18-6-3-2-4-7-18/h2-4,6-7,10-17,23-24H,5,8-9H2,1H3/t23-,24-/m1/s1. The van der Waals surface area contributed by atoms with Gasteiger partial charge in [-0.3, -0.25) is 14.9 Å². The molecule has 0 radical (unpaired) electrons. The lowest BCUT2D eigenvalue weighted by atomic mass is 9.78. The summed E-state index contributed by atoms with van der Waals surface area (Å²) in [6.07, 6.45) is 2.59. The number of hydrogen-bond donors (Lipinski definition) is 0. The zero-order valence-electron chi connectivity index (χ0n) is 17.3. The topological polar surface area (TPSA) is 72.7 Å². The van der Waals surface area contributed by atoms with Gasteiger partial charge in [-0.25, -0.2) is 0 Å². The first-order valence-corrected chi connectivity index (χ1v) is 10.3. The maximum atomic E-state index is 13.1. The van der Waals surface area contributed by atoms with Crippen molar-refractivity contribution in [3.8, 4) is 5.75 Å². The average Bonchev–Trinajstić information content (AvgIpc) is 2.81. The summed E-state index contributed by atoms with van der Waals surface area (Å²) in [5, 5.41) is 11.0. The molecule has 0 spiro atoms. The Bertz CT molecular complexity index is 1050. The maximum absolute atomic E-state index is 13.1. The summed E-state index contributed by atoms with van der Waals surface area (Å²) in [7, 11) is 1.60. The van der Waals surface area contributed by atoms with Crippen molar-refractivity contribution in [2.45, 2.75) is 25.3 Å². The number of carbonyl (C=O) groups excluding carboxylic acids is 1. The molecule has 2 atom stereocenters. The van der Waals surface area contributed by atoms with Crippen molar-refractivity contribution in [2.24, 2.45) is 5.92 Å². The Labute approximate surface area is 181 Å². The van der Waals surface area contributed by atoms with Gasteiger partial charge < -0.3 is 9.64 Å². The highest BCUT2D eigenvalue weighted by molar-refractivity contribution is 6.03. The Morgan fingerprint density at radius 3 is 2.26 bits per heavy atom. The lowest BCUT2D eigenvalue weighted by Crippen LogP contribution is -2.55. The predicted molar refractivity (Wildman–Crippen MR) is 119 cm³/mol. The third kappa shape index (κ3) is 4.28. The first-order valence-electron chi connectivity index (χ1n) is 10.3. The van der Waals surface area contributed by atoms with Crippen LogP contribution in [0.15, 0.2) is 78.9 Å². The zero-order chi connectivity index (χ0) is 21.8. The molecule has 158 valence electrons. The molecular weight excluding hydrogens is 392 g/mol. The lowest BCUT2D eigenvalue weighted by Gasteiger charge is -2.47. The van der Waals surface area contributed by atoms with Crippen LogP contribution < -0.4 is 9.64 Å². The predicted octanol–water partition coefficient (Wildman–Crippen LogP) is 5.33. The van der Waals surface area contributed by atoms with Crippen molar-refractivity contribution in [1.29, 1.82) is 0 Å². The van der Waals surface area contributed by atoms with Crippen molar-refractivity contribution in [1.82, 2.24) is 0 Å². The van der Waals surface area contributed by atoms with E-state index in [2.05, 4.69) is 12.1 Å². The number of nitro benzene ring substituents is 1. The molecule has 1 fully saturated rings. The number of carbonyl (C=O) groups is 1. The Balaban J connectivity index is 1.55. The van der Waals surface area contributed by atoms with Gasteiger partial charge in [0.15, 0.2) is 0 Å². The number of methoxy groups -OCH3 is 1. The third-order valence-electron chi connectivity index (χ3n) is 5.83. The highest BCUT2D eigenvalue weighted by Crippen LogP contribution is 2.46. The van der Waals surface area contributed by atoms with Crippen molar-refractivity contribution in [3.05, 3.63) is 100 Å². The second-order valence-electron chi connectivity index (χ2n) is 7.68. The molecule has 3 aromatic carbocycles. The molecule has 4 rings (SSSR count). The van der Waals surface area contributed by atoms with Crippen molar-refractivity contribution < 1.29 is 14.5 Å². The van der Waals surface area contributed by atoms with Crippen LogP contribution >= 0.6 is 0 Å². The van der Waals surface area contributed by atoms with Crippen LogP contribution in [0.1, 0.15) is 30.0 Å². The molecule has 3 aromatic rings. The van der Waals surface area contributed by atoms with Crippen LogP contribution in [0.3, 0.4) is 0 Å². The van der Waals surface area contributed by atoms with E-state index in [1.807, 2.05) is 42.5 Å². The maximum Gasteiger partial charge on any atom is 0.269 e. The van der Waals surface area contributed by atoms with E-state index >= 15 is 0 Å². The van der Waals surface area contributed by atoms with Gasteiger partial charge in [0.1, 0.15) is 5.75 Å². The van der Waals surface area contributed by atoms with E-state index in [0.717, 1.165) is 36.3 Å². The quantitative estimate of drug-likeness (QED) is 0.283. The molecule has 1 amide bonds. The fourth-order valence-corrected chi connectivity index (χ4v) is 4.21. The molecule has 0 bridgehead atoms. The van der Waals surface area contributed by atoms with Crippen LogP contribution in [0.25, 0.3) is 0 Å². The Morgan fingerprint density at radius 1 is 0.968 bits per heavy atom. The van der Waals surface area contributed by atoms with Crippen LogP contribution in [0.5, 0.6) is 5.75 Å². The number of amides is 1. The first-order chi connectivity index (χ1) is 15.1. The molecule has 0 N–H and O–H groups in total. The van der Waals surface area contributed by atoms with Crippen molar-refractivity contribution >= 4 is 17.3 Å². The zero-order valence-corrected chi connectivity index (χ0v) is 17.3. The molecule has 6 nitrogen and oxygen atoms in total. The van der Waals surface area contributed by atoms with Gasteiger partial charge in [0.25, 0.3) is 5.69 Å². The van der Waals surface area contributed by atoms with Gasteiger partial charge in [-0.05, 0) is 54.7 Å². The molecule has 1 heterocycles. The normalized spacial score (nSPS) is 17.8. The van der Waals surface area contributed by atoms with Crippen LogP contribution in [0.4, 0.5) is 11.4 Å². The fourth-order valence-electron chi connectivity index (χ4n) is 4.21. The number of non-ortho nitro benzene ring substituents is 1. The number of anilines is 1. The van der Waals surface area contributed by atoms with E-state index in [0.29, 0.717) is 0 Å². The first kappa shape index (κ1) is 20.6. The van der Waals surface area contributed by atoms with Gasteiger partial charge in [-0.2, -0.15) is 0 Å². The average molecular weight is 416 g/mol. The molecule has 6 heteroatoms. The van der Waals surface area contributed by atoms with E-state index in [1.165, 1.54) is 17.7 Å². The molecule has 31 heavy (non-hydrogen) atoms. The van der Waals surface area contributed by atoms with Crippen LogP contribution in [-0.2, 0) is 11.2 Å². The number of nitro groups is 1. The van der Waals surface area contributed by atoms with E-state index in [-0.39, 0.29) is 23.6 Å². The van der Waals surface area contributed by atoms with Gasteiger partial charge in [-0.1, -0.05) is 42.5 Å². The largest absolute Gasteiger partial charge is 0.497 e. The summed E-state index contributed by atoms with van der Waals surface area (Å²) in [5.74, 6) is 0.664. The number of β-lactam (4-membered cyclic amide) rings is 1. The van der Waals surface area contributed by atoms with Gasteiger partial charge in [-0.15, -0.1) is 0 Å². The summed E-state index contributed by atoms with van der Waals surface area (Å²) >= 11 is 0. The van der Waals surface area contributed by atoms with Crippen LogP contribution in [0.2, 0.25) is 0 Å². The summed E-state index contributed by atoms with van der Waals surface area (Å²) < 4.78 is 5.22. The Kier molecular flexibility index (Phi) is 5.98. The van der Waals surface area contributed by atoms with Crippen LogP contribution in [-0.4, -0.2) is 17.9 Å². The minimum atomic E-state index is -0.408. The van der Waals surface area contributed by atoms with Gasteiger partial charge >= 0.3 is 0 Å². The molecule has 0 aliphatic carbocycles. The number of benzene rings is 3. The fraction of sp³-hybridized carbons (Fsp3) is 0.240. The Morgan fingerprint density at radius 2 is 1.65 bits per heavy atom. The molecule has 0 unspecified atom stereocenters. The second-order valence-corrected chi connectivity index (χ2v) is 7.68. The molecule has 0 saturated carbocycles. The lowest BCUT2D eigenvalue weighted by molar-refractivity contribution is -0.384. The highest BCUT2D eigenvalue weighted by Gasteiger charge is 2.48. The summed E-state index contributed by atoms with van der Waals surface area (Å²) in [6.45, 7) is 0. The van der Waals surface area contributed by atoms with E-state index in [1.54, 1.807) is 24.1 Å². The van der Waals surface area contributed by atoms with E-state index in [4.69, 9.17) is 4.74 Å². The number of aryl methyl sites for hydroxylation is 1. The van der Waals surface area contributed by atoms with Gasteiger partial charge in [0.05, 0.1) is 24.0 Å². The summed E-state index contributed by atoms with van der Waals surface area (Å²) in [6, 6.07) is 24.0. The van der Waals surface area contributed by atoms with Gasteiger partial charge in [0.2, 0.25) is 5.91 Å². The highest BCUT2D eigenvalue weighted by atomic mass is 16.6. The van der Waals surface area contributed by atoms with Crippen LogP contribution in [0, 0.1) is 16.0 Å². The molecular formula is C25H24N2O4. The molecule has 1 aliphatic rings. The van der Waals surface area contributed by atoms with E-state index < -0.39 is 4.92 Å². The van der Waals surface area contributed by atoms with E-state index in [9.17, 15) is 14.9 Å². The number of nitrogens with zero attached hydrogens (tertiary/aromatic N) is 2.